The number of hydrogen-bond donors (Lipinski definition) is 0. The lowest BCUT2D eigenvalue weighted by molar-refractivity contribution is 0.0556. The number of benzene rings is 1. The first-order valence-corrected chi connectivity index (χ1v) is 6.00. The highest BCUT2D eigenvalue weighted by atomic mass is 16.5. The molecule has 1 heterocycles. The van der Waals surface area contributed by atoms with E-state index in [-0.39, 0.29) is 11.1 Å². The summed E-state index contributed by atoms with van der Waals surface area (Å²) in [5, 5.41) is 9.12. The van der Waals surface area contributed by atoms with Crippen molar-refractivity contribution in [1.82, 2.24) is 4.57 Å². The van der Waals surface area contributed by atoms with Crippen LogP contribution in [0.1, 0.15) is 26.3 Å². The van der Waals surface area contributed by atoms with Crippen molar-refractivity contribution in [3.63, 3.8) is 0 Å². The van der Waals surface area contributed by atoms with Crippen molar-refractivity contribution in [3.8, 4) is 11.8 Å². The zero-order chi connectivity index (χ0) is 15.4. The predicted octanol–water partition coefficient (Wildman–Crippen LogP) is 1.92. The number of carbonyl (C=O) groups is 2. The minimum absolute atomic E-state index is 0.0806. The second kappa shape index (κ2) is 5.92. The summed E-state index contributed by atoms with van der Waals surface area (Å²) in [6, 6.07) is 8.89. The molecule has 1 aromatic carbocycles. The first-order valence-electron chi connectivity index (χ1n) is 6.00. The molecule has 0 bridgehead atoms. The van der Waals surface area contributed by atoms with Crippen LogP contribution in [0.5, 0.6) is 0 Å². The van der Waals surface area contributed by atoms with E-state index in [1.54, 1.807) is 24.3 Å². The van der Waals surface area contributed by atoms with E-state index in [1.165, 1.54) is 31.2 Å². The molecule has 106 valence electrons. The van der Waals surface area contributed by atoms with E-state index in [0.717, 1.165) is 0 Å². The Hall–Kier alpha value is -3.07. The minimum Gasteiger partial charge on any atom is -0.465 e. The van der Waals surface area contributed by atoms with Gasteiger partial charge >= 0.3 is 11.9 Å². The second-order valence-electron chi connectivity index (χ2n) is 4.10. The van der Waals surface area contributed by atoms with Crippen LogP contribution in [-0.2, 0) is 9.47 Å². The Balaban J connectivity index is 2.62. The molecule has 0 radical (unpaired) electrons. The van der Waals surface area contributed by atoms with Gasteiger partial charge < -0.3 is 14.0 Å². The van der Waals surface area contributed by atoms with Gasteiger partial charge in [0, 0.05) is 12.4 Å². The van der Waals surface area contributed by atoms with E-state index in [2.05, 4.69) is 15.5 Å². The van der Waals surface area contributed by atoms with Crippen LogP contribution in [0.15, 0.2) is 36.7 Å². The Bertz CT molecular complexity index is 707. The third-order valence-electron chi connectivity index (χ3n) is 2.94. The van der Waals surface area contributed by atoms with E-state index in [1.807, 2.05) is 0 Å². The highest BCUT2D eigenvalue weighted by Gasteiger charge is 2.22. The molecule has 0 saturated carbocycles. The molecule has 0 aliphatic carbocycles. The molecule has 0 spiro atoms. The number of para-hydroxylation sites is 1. The first kappa shape index (κ1) is 14.3. The molecule has 0 fully saturated rings. The van der Waals surface area contributed by atoms with Crippen molar-refractivity contribution in [1.29, 1.82) is 5.26 Å². The van der Waals surface area contributed by atoms with Gasteiger partial charge in [-0.1, -0.05) is 12.1 Å². The van der Waals surface area contributed by atoms with Crippen LogP contribution < -0.4 is 0 Å². The van der Waals surface area contributed by atoms with E-state index >= 15 is 0 Å². The number of hydrogen-bond acceptors (Lipinski definition) is 5. The monoisotopic (exact) mass is 284 g/mol. The van der Waals surface area contributed by atoms with Gasteiger partial charge in [-0.25, -0.2) is 9.59 Å². The summed E-state index contributed by atoms with van der Waals surface area (Å²) in [7, 11) is 2.45. The van der Waals surface area contributed by atoms with Gasteiger partial charge in [-0.3, -0.25) is 0 Å². The molecule has 0 aliphatic rings. The van der Waals surface area contributed by atoms with Crippen LogP contribution in [-0.4, -0.2) is 30.7 Å². The van der Waals surface area contributed by atoms with Gasteiger partial charge in [0.25, 0.3) is 0 Å². The van der Waals surface area contributed by atoms with Gasteiger partial charge in [-0.05, 0) is 12.1 Å². The number of methoxy groups -OCH3 is 2. The van der Waals surface area contributed by atoms with Crippen LogP contribution in [0.2, 0.25) is 0 Å². The molecule has 0 N–H and O–H groups in total. The summed E-state index contributed by atoms with van der Waals surface area (Å²) in [5.74, 6) is -1.30. The molecule has 2 aromatic rings. The van der Waals surface area contributed by atoms with Gasteiger partial charge in [0.1, 0.15) is 6.07 Å². The number of ether oxygens (including phenoxy) is 2. The van der Waals surface area contributed by atoms with Crippen molar-refractivity contribution in [2.24, 2.45) is 0 Å². The molecular formula is C15H12N2O4. The van der Waals surface area contributed by atoms with E-state index in [4.69, 9.17) is 5.26 Å². The van der Waals surface area contributed by atoms with Crippen LogP contribution in [0.25, 0.3) is 5.69 Å². The summed E-state index contributed by atoms with van der Waals surface area (Å²) >= 11 is 0. The normalized spacial score (nSPS) is 9.76. The molecule has 0 saturated heterocycles. The summed E-state index contributed by atoms with van der Waals surface area (Å²) in [6.07, 6.45) is 2.88. The molecule has 21 heavy (non-hydrogen) atoms. The van der Waals surface area contributed by atoms with E-state index in [0.29, 0.717) is 11.3 Å². The van der Waals surface area contributed by atoms with Gasteiger partial charge in [0.2, 0.25) is 0 Å². The summed E-state index contributed by atoms with van der Waals surface area (Å²) < 4.78 is 10.8. The van der Waals surface area contributed by atoms with E-state index < -0.39 is 11.9 Å². The third-order valence-corrected chi connectivity index (χ3v) is 2.94. The van der Waals surface area contributed by atoms with Crippen LogP contribution in [0, 0.1) is 11.3 Å². The Morgan fingerprint density at radius 3 is 2.05 bits per heavy atom. The fourth-order valence-electron chi connectivity index (χ4n) is 1.93. The van der Waals surface area contributed by atoms with Gasteiger partial charge in [0.15, 0.2) is 0 Å². The molecule has 2 rings (SSSR count). The minimum atomic E-state index is -0.649. The average molecular weight is 284 g/mol. The van der Waals surface area contributed by atoms with Gasteiger partial charge in [-0.2, -0.15) is 5.26 Å². The SMILES string of the molecule is COC(=O)c1cn(-c2ccccc2C#N)cc1C(=O)OC. The first-order chi connectivity index (χ1) is 10.1. The molecule has 6 heteroatoms. The highest BCUT2D eigenvalue weighted by Crippen LogP contribution is 2.20. The van der Waals surface area contributed by atoms with Crippen molar-refractivity contribution >= 4 is 11.9 Å². The molecule has 0 atom stereocenters. The maximum Gasteiger partial charge on any atom is 0.340 e. The van der Waals surface area contributed by atoms with Crippen LogP contribution >= 0.6 is 0 Å². The van der Waals surface area contributed by atoms with Crippen molar-refractivity contribution in [2.75, 3.05) is 14.2 Å². The molecule has 0 unspecified atom stereocenters. The standard InChI is InChI=1S/C15H12N2O4/c1-20-14(18)11-8-17(9-12(11)15(19)21-2)13-6-4-3-5-10(13)7-16/h3-6,8-9H,1-2H3. The van der Waals surface area contributed by atoms with Gasteiger partial charge in [0.05, 0.1) is 36.6 Å². The number of rotatable bonds is 3. The number of aromatic nitrogens is 1. The maximum absolute atomic E-state index is 11.7. The van der Waals surface area contributed by atoms with Crippen LogP contribution in [0.4, 0.5) is 0 Å². The lowest BCUT2D eigenvalue weighted by Crippen LogP contribution is -2.08. The highest BCUT2D eigenvalue weighted by molar-refractivity contribution is 6.03. The predicted molar refractivity (Wildman–Crippen MR) is 73.2 cm³/mol. The lowest BCUT2D eigenvalue weighted by Gasteiger charge is -2.04. The average Bonchev–Trinajstić information content (AvgIpc) is 2.98. The lowest BCUT2D eigenvalue weighted by atomic mass is 10.2. The third kappa shape index (κ3) is 2.62. The fourth-order valence-corrected chi connectivity index (χ4v) is 1.93. The topological polar surface area (TPSA) is 81.3 Å². The molecular weight excluding hydrogens is 272 g/mol. The van der Waals surface area contributed by atoms with E-state index in [9.17, 15) is 9.59 Å². The Labute approximate surface area is 121 Å². The quantitative estimate of drug-likeness (QED) is 0.804. The largest absolute Gasteiger partial charge is 0.465 e. The Morgan fingerprint density at radius 1 is 1.05 bits per heavy atom. The molecule has 0 amide bonds. The Morgan fingerprint density at radius 2 is 1.57 bits per heavy atom. The molecule has 1 aromatic heterocycles. The zero-order valence-corrected chi connectivity index (χ0v) is 11.5. The number of esters is 2. The summed E-state index contributed by atoms with van der Waals surface area (Å²) in [5.41, 5.74) is 1.13. The van der Waals surface area contributed by atoms with Crippen molar-refractivity contribution in [3.05, 3.63) is 53.3 Å². The smallest absolute Gasteiger partial charge is 0.340 e. The molecule has 6 nitrogen and oxygen atoms in total. The molecule has 0 aliphatic heterocycles. The van der Waals surface area contributed by atoms with Gasteiger partial charge in [-0.15, -0.1) is 0 Å². The summed E-state index contributed by atoms with van der Waals surface area (Å²) in [4.78, 5) is 23.5. The summed E-state index contributed by atoms with van der Waals surface area (Å²) in [6.45, 7) is 0. The second-order valence-corrected chi connectivity index (χ2v) is 4.10. The number of nitriles is 1. The Kier molecular flexibility index (Phi) is 4.05. The number of carbonyl (C=O) groups excluding carboxylic acids is 2. The zero-order valence-electron chi connectivity index (χ0n) is 11.5. The maximum atomic E-state index is 11.7. The number of nitrogens with zero attached hydrogens (tertiary/aromatic N) is 2. The van der Waals surface area contributed by atoms with Crippen LogP contribution in [0.3, 0.4) is 0 Å². The van der Waals surface area contributed by atoms with Crippen molar-refractivity contribution in [2.45, 2.75) is 0 Å². The fraction of sp³-hybridized carbons (Fsp3) is 0.133. The van der Waals surface area contributed by atoms with Crippen molar-refractivity contribution < 1.29 is 19.1 Å².